The fourth-order valence-electron chi connectivity index (χ4n) is 1.83. The van der Waals surface area contributed by atoms with Crippen molar-refractivity contribution in [3.8, 4) is 0 Å². The Morgan fingerprint density at radius 2 is 1.37 bits per heavy atom. The van der Waals surface area contributed by atoms with Gasteiger partial charge in [0.25, 0.3) is 0 Å². The van der Waals surface area contributed by atoms with E-state index in [1.54, 1.807) is 0 Å². The highest BCUT2D eigenvalue weighted by Gasteiger charge is 2.22. The fourth-order valence-corrected chi connectivity index (χ4v) is 1.83. The van der Waals surface area contributed by atoms with Crippen LogP contribution < -0.4 is 0 Å². The molecule has 0 aromatic heterocycles. The van der Waals surface area contributed by atoms with Gasteiger partial charge in [0.15, 0.2) is 0 Å². The minimum atomic E-state index is -0.237. The topological polar surface area (TPSA) is 26.3 Å². The maximum Gasteiger partial charge on any atom is 0.338 e. The summed E-state index contributed by atoms with van der Waals surface area (Å²) in [6.45, 7) is 15.2. The maximum atomic E-state index is 12.0. The quantitative estimate of drug-likeness (QED) is 0.736. The Labute approximate surface area is 117 Å². The van der Waals surface area contributed by atoms with Gasteiger partial charge in [-0.15, -0.1) is 0 Å². The van der Waals surface area contributed by atoms with Crippen LogP contribution in [0.15, 0.2) is 18.2 Å². The molecule has 0 aliphatic heterocycles. The number of rotatable bonds is 2. The van der Waals surface area contributed by atoms with Crippen LogP contribution in [0.4, 0.5) is 0 Å². The van der Waals surface area contributed by atoms with E-state index in [0.29, 0.717) is 12.2 Å². The van der Waals surface area contributed by atoms with Gasteiger partial charge in [0.2, 0.25) is 0 Å². The van der Waals surface area contributed by atoms with Crippen LogP contribution >= 0.6 is 0 Å². The molecule has 19 heavy (non-hydrogen) atoms. The summed E-state index contributed by atoms with van der Waals surface area (Å²) in [5.41, 5.74) is 3.02. The molecule has 0 radical (unpaired) electrons. The van der Waals surface area contributed by atoms with Crippen molar-refractivity contribution in [3.63, 3.8) is 0 Å². The standard InChI is InChI=1S/C17H26O2/c1-8-19-15(18)12-9-13(16(2,3)4)11-14(10-12)17(5,6)7/h9-11H,8H2,1-7H3. The van der Waals surface area contributed by atoms with E-state index in [1.807, 2.05) is 19.1 Å². The summed E-state index contributed by atoms with van der Waals surface area (Å²) in [5, 5.41) is 0. The van der Waals surface area contributed by atoms with Crippen molar-refractivity contribution in [2.75, 3.05) is 6.61 Å². The minimum absolute atomic E-state index is 0.0164. The lowest BCUT2D eigenvalue weighted by Gasteiger charge is -2.25. The molecule has 0 heterocycles. The lowest BCUT2D eigenvalue weighted by Crippen LogP contribution is -2.18. The molecule has 2 nitrogen and oxygen atoms in total. The highest BCUT2D eigenvalue weighted by molar-refractivity contribution is 5.90. The number of carbonyl (C=O) groups is 1. The number of hydrogen-bond acceptors (Lipinski definition) is 2. The van der Waals surface area contributed by atoms with E-state index in [9.17, 15) is 4.79 Å². The number of esters is 1. The van der Waals surface area contributed by atoms with Crippen LogP contribution in [0.3, 0.4) is 0 Å². The molecule has 0 bridgehead atoms. The molecular weight excluding hydrogens is 236 g/mol. The second-order valence-corrected chi connectivity index (χ2v) is 7.02. The zero-order valence-corrected chi connectivity index (χ0v) is 13.3. The number of benzene rings is 1. The molecule has 1 aromatic rings. The van der Waals surface area contributed by atoms with E-state index in [0.717, 1.165) is 0 Å². The van der Waals surface area contributed by atoms with Crippen molar-refractivity contribution >= 4 is 5.97 Å². The molecule has 0 fully saturated rings. The molecule has 0 saturated heterocycles. The molecule has 106 valence electrons. The third-order valence-electron chi connectivity index (χ3n) is 3.18. The second-order valence-electron chi connectivity index (χ2n) is 7.02. The Morgan fingerprint density at radius 3 is 1.68 bits per heavy atom. The molecule has 0 atom stereocenters. The van der Waals surface area contributed by atoms with Crippen molar-refractivity contribution in [2.45, 2.75) is 59.3 Å². The summed E-state index contributed by atoms with van der Waals surface area (Å²) in [4.78, 5) is 12.0. The maximum absolute atomic E-state index is 12.0. The van der Waals surface area contributed by atoms with Crippen molar-refractivity contribution in [2.24, 2.45) is 0 Å². The molecular formula is C17H26O2. The number of hydrogen-bond donors (Lipinski definition) is 0. The summed E-state index contributed by atoms with van der Waals surface area (Å²) in [6, 6.07) is 6.10. The molecule has 0 saturated carbocycles. The fraction of sp³-hybridized carbons (Fsp3) is 0.588. The lowest BCUT2D eigenvalue weighted by atomic mass is 9.79. The second kappa shape index (κ2) is 5.36. The summed E-state index contributed by atoms with van der Waals surface area (Å²) >= 11 is 0. The molecule has 0 spiro atoms. The van der Waals surface area contributed by atoms with E-state index in [1.165, 1.54) is 11.1 Å². The average molecular weight is 262 g/mol. The Balaban J connectivity index is 3.37. The van der Waals surface area contributed by atoms with Gasteiger partial charge in [0, 0.05) is 0 Å². The highest BCUT2D eigenvalue weighted by atomic mass is 16.5. The third kappa shape index (κ3) is 4.09. The molecule has 1 rings (SSSR count). The average Bonchev–Trinajstić information content (AvgIpc) is 2.26. The molecule has 0 N–H and O–H groups in total. The van der Waals surface area contributed by atoms with Crippen LogP contribution in [0.5, 0.6) is 0 Å². The van der Waals surface area contributed by atoms with Gasteiger partial charge < -0.3 is 4.74 Å². The Bertz CT molecular complexity index is 427. The van der Waals surface area contributed by atoms with Crippen LogP contribution in [-0.4, -0.2) is 12.6 Å². The van der Waals surface area contributed by atoms with E-state index < -0.39 is 0 Å². The van der Waals surface area contributed by atoms with Crippen molar-refractivity contribution < 1.29 is 9.53 Å². The van der Waals surface area contributed by atoms with Crippen molar-refractivity contribution in [1.29, 1.82) is 0 Å². The van der Waals surface area contributed by atoms with Gasteiger partial charge in [-0.05, 0) is 41.0 Å². The van der Waals surface area contributed by atoms with Gasteiger partial charge in [0.1, 0.15) is 0 Å². The first-order valence-electron chi connectivity index (χ1n) is 6.89. The van der Waals surface area contributed by atoms with Crippen LogP contribution in [0.25, 0.3) is 0 Å². The smallest absolute Gasteiger partial charge is 0.338 e. The third-order valence-corrected chi connectivity index (χ3v) is 3.18. The van der Waals surface area contributed by atoms with Crippen molar-refractivity contribution in [1.82, 2.24) is 0 Å². The zero-order valence-electron chi connectivity index (χ0n) is 13.3. The number of ether oxygens (including phenoxy) is 1. The van der Waals surface area contributed by atoms with Gasteiger partial charge in [-0.25, -0.2) is 4.79 Å². The van der Waals surface area contributed by atoms with Gasteiger partial charge >= 0.3 is 5.97 Å². The molecule has 1 aromatic carbocycles. The van der Waals surface area contributed by atoms with E-state index in [-0.39, 0.29) is 16.8 Å². The Morgan fingerprint density at radius 1 is 0.947 bits per heavy atom. The normalized spacial score (nSPS) is 12.4. The Hall–Kier alpha value is -1.31. The van der Waals surface area contributed by atoms with E-state index in [2.05, 4.69) is 47.6 Å². The molecule has 0 unspecified atom stereocenters. The van der Waals surface area contributed by atoms with Gasteiger partial charge in [0.05, 0.1) is 12.2 Å². The lowest BCUT2D eigenvalue weighted by molar-refractivity contribution is 0.0526. The summed E-state index contributed by atoms with van der Waals surface area (Å²) in [7, 11) is 0. The predicted octanol–water partition coefficient (Wildman–Crippen LogP) is 4.46. The molecule has 0 amide bonds. The first-order chi connectivity index (χ1) is 8.55. The van der Waals surface area contributed by atoms with Crippen LogP contribution in [0.1, 0.15) is 70.0 Å². The monoisotopic (exact) mass is 262 g/mol. The van der Waals surface area contributed by atoms with Crippen LogP contribution in [0.2, 0.25) is 0 Å². The van der Waals surface area contributed by atoms with Gasteiger partial charge in [-0.2, -0.15) is 0 Å². The molecule has 2 heteroatoms. The summed E-state index contributed by atoms with van der Waals surface area (Å²) < 4.78 is 5.12. The van der Waals surface area contributed by atoms with Crippen LogP contribution in [-0.2, 0) is 15.6 Å². The van der Waals surface area contributed by atoms with E-state index in [4.69, 9.17) is 4.74 Å². The summed E-state index contributed by atoms with van der Waals surface area (Å²) in [6.07, 6.45) is 0. The zero-order chi connectivity index (χ0) is 14.8. The van der Waals surface area contributed by atoms with Crippen molar-refractivity contribution in [3.05, 3.63) is 34.9 Å². The van der Waals surface area contributed by atoms with Gasteiger partial charge in [-0.3, -0.25) is 0 Å². The predicted molar refractivity (Wildman–Crippen MR) is 79.8 cm³/mol. The number of carbonyl (C=O) groups excluding carboxylic acids is 1. The molecule has 0 aliphatic carbocycles. The van der Waals surface area contributed by atoms with E-state index >= 15 is 0 Å². The SMILES string of the molecule is CCOC(=O)c1cc(C(C)(C)C)cc(C(C)(C)C)c1. The summed E-state index contributed by atoms with van der Waals surface area (Å²) in [5.74, 6) is -0.237. The largest absolute Gasteiger partial charge is 0.462 e. The minimum Gasteiger partial charge on any atom is -0.462 e. The Kier molecular flexibility index (Phi) is 4.44. The first kappa shape index (κ1) is 15.7. The molecule has 0 aliphatic rings. The van der Waals surface area contributed by atoms with Crippen LogP contribution in [0, 0.1) is 0 Å². The first-order valence-corrected chi connectivity index (χ1v) is 6.89. The van der Waals surface area contributed by atoms with Gasteiger partial charge in [-0.1, -0.05) is 47.6 Å². The highest BCUT2D eigenvalue weighted by Crippen LogP contribution is 2.30.